The average Bonchev–Trinajstić information content (AvgIpc) is 2.70. The lowest BCUT2D eigenvalue weighted by molar-refractivity contribution is -0.131. The van der Waals surface area contributed by atoms with Gasteiger partial charge in [0, 0.05) is 50.9 Å². The smallest absolute Gasteiger partial charge is 0.328 e. The molecule has 1 aliphatic heterocycles. The minimum absolute atomic E-state index is 0.562. The van der Waals surface area contributed by atoms with Crippen LogP contribution in [0.4, 0.5) is 5.82 Å². The number of aryl methyl sites for hydroxylation is 2. The Labute approximate surface area is 125 Å². The maximum Gasteiger partial charge on any atom is 0.328 e. The molecule has 2 rings (SSSR count). The molecule has 1 N–H and O–H groups in total. The Morgan fingerprint density at radius 3 is 2.43 bits per heavy atom. The minimum atomic E-state index is -0.936. The number of aromatic nitrogens is 2. The minimum Gasteiger partial charge on any atom is -0.478 e. The Bertz CT molecular complexity index is 540. The molecular weight excluding hydrogens is 268 g/mol. The summed E-state index contributed by atoms with van der Waals surface area (Å²) in [7, 11) is 1.91. The fraction of sp³-hybridized carbons (Fsp3) is 0.600. The lowest BCUT2D eigenvalue weighted by Gasteiger charge is -2.38. The highest BCUT2D eigenvalue weighted by Gasteiger charge is 2.23. The molecule has 0 aromatic carbocycles. The molecule has 2 heterocycles. The Hall–Kier alpha value is -1.82. The molecule has 0 atom stereocenters. The van der Waals surface area contributed by atoms with Crippen molar-refractivity contribution in [2.45, 2.75) is 26.8 Å². The first-order valence-corrected chi connectivity index (χ1v) is 7.33. The van der Waals surface area contributed by atoms with Gasteiger partial charge in [-0.1, -0.05) is 0 Å². The zero-order chi connectivity index (χ0) is 15.6. The third-order valence-electron chi connectivity index (χ3n) is 3.97. The van der Waals surface area contributed by atoms with Crippen LogP contribution in [0.2, 0.25) is 0 Å². The van der Waals surface area contributed by atoms with Crippen molar-refractivity contribution < 1.29 is 9.90 Å². The summed E-state index contributed by atoms with van der Waals surface area (Å²) in [5.41, 5.74) is 1.76. The molecule has 0 spiro atoms. The number of piperazine rings is 1. The Morgan fingerprint density at radius 1 is 1.29 bits per heavy atom. The second-order valence-corrected chi connectivity index (χ2v) is 5.73. The standard InChI is InChI=1S/C15H24N4O2/c1-11(2)18-7-9-19(10-8-18)15-13(5-6-14(20)21)12(3)16-17(15)4/h5-6,11H,7-10H2,1-4H3,(H,20,21)/b6-5+. The van der Waals surface area contributed by atoms with Gasteiger partial charge in [-0.25, -0.2) is 4.79 Å². The molecule has 6 nitrogen and oxygen atoms in total. The topological polar surface area (TPSA) is 61.6 Å². The molecule has 0 bridgehead atoms. The van der Waals surface area contributed by atoms with E-state index in [0.717, 1.165) is 43.3 Å². The van der Waals surface area contributed by atoms with Crippen molar-refractivity contribution in [1.29, 1.82) is 0 Å². The first-order valence-electron chi connectivity index (χ1n) is 7.33. The van der Waals surface area contributed by atoms with Gasteiger partial charge in [0.2, 0.25) is 0 Å². The molecule has 0 radical (unpaired) electrons. The quantitative estimate of drug-likeness (QED) is 0.849. The summed E-state index contributed by atoms with van der Waals surface area (Å²) in [6.07, 6.45) is 2.83. The van der Waals surface area contributed by atoms with Crippen molar-refractivity contribution in [3.05, 3.63) is 17.3 Å². The van der Waals surface area contributed by atoms with E-state index in [4.69, 9.17) is 5.11 Å². The van der Waals surface area contributed by atoms with Crippen molar-refractivity contribution in [1.82, 2.24) is 14.7 Å². The second-order valence-electron chi connectivity index (χ2n) is 5.73. The van der Waals surface area contributed by atoms with Gasteiger partial charge < -0.3 is 10.0 Å². The van der Waals surface area contributed by atoms with Gasteiger partial charge in [-0.15, -0.1) is 0 Å². The lowest BCUT2D eigenvalue weighted by atomic mass is 10.2. The lowest BCUT2D eigenvalue weighted by Crippen LogP contribution is -2.49. The van der Waals surface area contributed by atoms with Crippen LogP contribution in [0.15, 0.2) is 6.08 Å². The monoisotopic (exact) mass is 292 g/mol. The van der Waals surface area contributed by atoms with Gasteiger partial charge in [0.15, 0.2) is 0 Å². The number of carboxylic acids is 1. The van der Waals surface area contributed by atoms with E-state index in [1.807, 2.05) is 18.7 Å². The highest BCUT2D eigenvalue weighted by Crippen LogP contribution is 2.26. The summed E-state index contributed by atoms with van der Waals surface area (Å²) < 4.78 is 1.85. The number of hydrogen-bond acceptors (Lipinski definition) is 4. The SMILES string of the molecule is Cc1nn(C)c(N2CCN(C(C)C)CC2)c1/C=C/C(=O)O. The van der Waals surface area contributed by atoms with Crippen molar-refractivity contribution in [2.24, 2.45) is 7.05 Å². The third kappa shape index (κ3) is 3.44. The van der Waals surface area contributed by atoms with Crippen molar-refractivity contribution in [2.75, 3.05) is 31.1 Å². The van der Waals surface area contributed by atoms with Gasteiger partial charge in [-0.3, -0.25) is 9.58 Å². The fourth-order valence-corrected chi connectivity index (χ4v) is 2.84. The van der Waals surface area contributed by atoms with Crippen molar-refractivity contribution >= 4 is 17.9 Å². The van der Waals surface area contributed by atoms with Crippen LogP contribution in [-0.4, -0.2) is 58.0 Å². The number of carboxylic acid groups (broad SMARTS) is 1. The van der Waals surface area contributed by atoms with Gasteiger partial charge in [-0.2, -0.15) is 5.10 Å². The summed E-state index contributed by atoms with van der Waals surface area (Å²) in [5, 5.41) is 13.3. The highest BCUT2D eigenvalue weighted by atomic mass is 16.4. The van der Waals surface area contributed by atoms with E-state index in [9.17, 15) is 4.79 Å². The molecule has 0 saturated carbocycles. The van der Waals surface area contributed by atoms with E-state index in [1.54, 1.807) is 6.08 Å². The predicted molar refractivity (Wildman–Crippen MR) is 83.5 cm³/mol. The molecular formula is C15H24N4O2. The van der Waals surface area contributed by atoms with Crippen LogP contribution in [0.3, 0.4) is 0 Å². The number of anilines is 1. The largest absolute Gasteiger partial charge is 0.478 e. The van der Waals surface area contributed by atoms with E-state index >= 15 is 0 Å². The van der Waals surface area contributed by atoms with Crippen LogP contribution in [0.25, 0.3) is 6.08 Å². The molecule has 0 aliphatic carbocycles. The van der Waals surface area contributed by atoms with E-state index < -0.39 is 5.97 Å². The number of aliphatic carboxylic acids is 1. The molecule has 1 fully saturated rings. The third-order valence-corrected chi connectivity index (χ3v) is 3.97. The second kappa shape index (κ2) is 6.30. The maximum absolute atomic E-state index is 10.8. The van der Waals surface area contributed by atoms with Gasteiger partial charge in [0.1, 0.15) is 5.82 Å². The molecule has 1 aromatic rings. The molecule has 0 unspecified atom stereocenters. The van der Waals surface area contributed by atoms with Crippen LogP contribution in [0.1, 0.15) is 25.1 Å². The van der Waals surface area contributed by atoms with Crippen LogP contribution in [0.5, 0.6) is 0 Å². The number of nitrogens with zero attached hydrogens (tertiary/aromatic N) is 4. The van der Waals surface area contributed by atoms with Gasteiger partial charge >= 0.3 is 5.97 Å². The van der Waals surface area contributed by atoms with Crippen LogP contribution in [0, 0.1) is 6.92 Å². The normalized spacial score (nSPS) is 17.1. The molecule has 1 aliphatic rings. The Balaban J connectivity index is 2.22. The van der Waals surface area contributed by atoms with E-state index in [2.05, 4.69) is 28.7 Å². The zero-order valence-electron chi connectivity index (χ0n) is 13.2. The summed E-state index contributed by atoms with van der Waals surface area (Å²) in [5.74, 6) is 0.0715. The van der Waals surface area contributed by atoms with Crippen LogP contribution < -0.4 is 4.90 Å². The molecule has 21 heavy (non-hydrogen) atoms. The van der Waals surface area contributed by atoms with Gasteiger partial charge in [0.05, 0.1) is 5.69 Å². The van der Waals surface area contributed by atoms with Crippen LogP contribution in [-0.2, 0) is 11.8 Å². The van der Waals surface area contributed by atoms with Crippen LogP contribution >= 0.6 is 0 Å². The first kappa shape index (κ1) is 15.6. The summed E-state index contributed by atoms with van der Waals surface area (Å²) in [6, 6.07) is 0.562. The van der Waals surface area contributed by atoms with E-state index in [-0.39, 0.29) is 0 Å². The van der Waals surface area contributed by atoms with Crippen molar-refractivity contribution in [3.63, 3.8) is 0 Å². The number of hydrogen-bond donors (Lipinski definition) is 1. The van der Waals surface area contributed by atoms with Gasteiger partial charge in [0.25, 0.3) is 0 Å². The molecule has 116 valence electrons. The highest BCUT2D eigenvalue weighted by molar-refractivity contribution is 5.87. The number of carbonyl (C=O) groups is 1. The molecule has 1 saturated heterocycles. The molecule has 1 aromatic heterocycles. The van der Waals surface area contributed by atoms with Crippen molar-refractivity contribution in [3.8, 4) is 0 Å². The molecule has 0 amide bonds. The number of rotatable bonds is 4. The van der Waals surface area contributed by atoms with E-state index in [1.165, 1.54) is 6.08 Å². The summed E-state index contributed by atoms with van der Waals surface area (Å²) in [4.78, 5) is 15.5. The predicted octanol–water partition coefficient (Wildman–Crippen LogP) is 1.36. The maximum atomic E-state index is 10.8. The molecule has 6 heteroatoms. The summed E-state index contributed by atoms with van der Waals surface area (Å²) in [6.45, 7) is 10.2. The first-order chi connectivity index (χ1) is 9.90. The van der Waals surface area contributed by atoms with E-state index in [0.29, 0.717) is 6.04 Å². The Kier molecular flexibility index (Phi) is 4.67. The average molecular weight is 292 g/mol. The summed E-state index contributed by atoms with van der Waals surface area (Å²) >= 11 is 0. The zero-order valence-corrected chi connectivity index (χ0v) is 13.2. The fourth-order valence-electron chi connectivity index (χ4n) is 2.84. The Morgan fingerprint density at radius 2 is 1.90 bits per heavy atom. The van der Waals surface area contributed by atoms with Gasteiger partial charge in [-0.05, 0) is 26.8 Å².